The van der Waals surface area contributed by atoms with Crippen LogP contribution in [0.25, 0.3) is 11.0 Å². The Labute approximate surface area is 156 Å². The first-order valence-corrected chi connectivity index (χ1v) is 9.95. The summed E-state index contributed by atoms with van der Waals surface area (Å²) in [5.41, 5.74) is 1.98. The first-order chi connectivity index (χ1) is 12.9. The number of benzene rings is 2. The van der Waals surface area contributed by atoms with Gasteiger partial charge in [-0.05, 0) is 23.6 Å². The molecule has 0 aliphatic rings. The Kier molecular flexibility index (Phi) is 5.78. The molecule has 3 rings (SSSR count). The lowest BCUT2D eigenvalue weighted by atomic mass is 10.1. The van der Waals surface area contributed by atoms with Gasteiger partial charge in [-0.15, -0.1) is 0 Å². The molecule has 8 heteroatoms. The molecule has 3 aromatic rings. The van der Waals surface area contributed by atoms with Crippen LogP contribution in [-0.2, 0) is 27.0 Å². The molecule has 0 radical (unpaired) electrons. The molecule has 1 heterocycles. The van der Waals surface area contributed by atoms with Gasteiger partial charge in [0.15, 0.2) is 17.9 Å². The van der Waals surface area contributed by atoms with E-state index >= 15 is 0 Å². The third kappa shape index (κ3) is 5.08. The van der Waals surface area contributed by atoms with Crippen molar-refractivity contribution in [1.29, 1.82) is 0 Å². The van der Waals surface area contributed by atoms with Crippen LogP contribution in [0.5, 0.6) is 5.75 Å². The second-order valence-electron chi connectivity index (χ2n) is 5.97. The molecule has 0 atom stereocenters. The van der Waals surface area contributed by atoms with Crippen LogP contribution in [0.2, 0.25) is 0 Å². The van der Waals surface area contributed by atoms with Crippen molar-refractivity contribution < 1.29 is 27.5 Å². The van der Waals surface area contributed by atoms with Gasteiger partial charge >= 0.3 is 5.97 Å². The molecule has 0 fully saturated rings. The number of hydrogen-bond acceptors (Lipinski definition) is 5. The van der Waals surface area contributed by atoms with Crippen LogP contribution in [0.3, 0.4) is 0 Å². The van der Waals surface area contributed by atoms with Crippen molar-refractivity contribution in [2.45, 2.75) is 12.2 Å². The molecule has 0 aliphatic carbocycles. The molecular weight excluding hydrogens is 370 g/mol. The van der Waals surface area contributed by atoms with E-state index in [9.17, 15) is 13.2 Å². The van der Waals surface area contributed by atoms with Crippen LogP contribution in [0, 0.1) is 0 Å². The summed E-state index contributed by atoms with van der Waals surface area (Å²) < 4.78 is 37.7. The molecule has 142 valence electrons. The van der Waals surface area contributed by atoms with Crippen molar-refractivity contribution in [3.8, 4) is 5.75 Å². The Morgan fingerprint density at radius 3 is 2.63 bits per heavy atom. The number of para-hydroxylation sites is 1. The Hall–Kier alpha value is -2.84. The number of fused-ring (bicyclic) bond motifs is 1. The summed E-state index contributed by atoms with van der Waals surface area (Å²) in [6.45, 7) is -0.238. The van der Waals surface area contributed by atoms with Gasteiger partial charge in [-0.25, -0.2) is 17.9 Å². The summed E-state index contributed by atoms with van der Waals surface area (Å²) in [7, 11) is -3.44. The standard InChI is InChI=1S/C19H19NO6S/c21-18(22)12-25-17-8-4-7-16-15(11-26-19(16)17)9-10-20-27(23,24)13-14-5-2-1-3-6-14/h1-8,11,20H,9-10,12-13H2,(H,21,22). The van der Waals surface area contributed by atoms with E-state index in [1.54, 1.807) is 36.4 Å². The number of rotatable bonds is 9. The van der Waals surface area contributed by atoms with Crippen LogP contribution in [0.4, 0.5) is 0 Å². The monoisotopic (exact) mass is 389 g/mol. The lowest BCUT2D eigenvalue weighted by Crippen LogP contribution is -2.27. The summed E-state index contributed by atoms with van der Waals surface area (Å²) in [5.74, 6) is -0.815. The molecule has 7 nitrogen and oxygen atoms in total. The predicted molar refractivity (Wildman–Crippen MR) is 100 cm³/mol. The van der Waals surface area contributed by atoms with E-state index in [4.69, 9.17) is 14.3 Å². The molecule has 0 bridgehead atoms. The molecule has 27 heavy (non-hydrogen) atoms. The minimum atomic E-state index is -3.44. The Morgan fingerprint density at radius 2 is 1.89 bits per heavy atom. The van der Waals surface area contributed by atoms with Crippen molar-refractivity contribution in [2.75, 3.05) is 13.2 Å². The molecule has 0 saturated heterocycles. The number of carboxylic acids is 1. The fraction of sp³-hybridized carbons (Fsp3) is 0.211. The van der Waals surface area contributed by atoms with Crippen LogP contribution in [0.15, 0.2) is 59.2 Å². The minimum absolute atomic E-state index is 0.0762. The maximum atomic E-state index is 12.2. The highest BCUT2D eigenvalue weighted by Crippen LogP contribution is 2.30. The van der Waals surface area contributed by atoms with Crippen LogP contribution < -0.4 is 9.46 Å². The highest BCUT2D eigenvalue weighted by Gasteiger charge is 2.14. The molecule has 1 aromatic heterocycles. The second kappa shape index (κ2) is 8.24. The molecule has 0 spiro atoms. The topological polar surface area (TPSA) is 106 Å². The van der Waals surface area contributed by atoms with E-state index in [0.29, 0.717) is 17.8 Å². The summed E-state index contributed by atoms with van der Waals surface area (Å²) in [5, 5.41) is 9.49. The zero-order valence-electron chi connectivity index (χ0n) is 14.4. The van der Waals surface area contributed by atoms with Crippen molar-refractivity contribution in [1.82, 2.24) is 4.72 Å². The van der Waals surface area contributed by atoms with Gasteiger partial charge in [-0.2, -0.15) is 0 Å². The van der Waals surface area contributed by atoms with Crippen LogP contribution in [0.1, 0.15) is 11.1 Å². The highest BCUT2D eigenvalue weighted by molar-refractivity contribution is 7.88. The van der Waals surface area contributed by atoms with E-state index in [1.807, 2.05) is 12.1 Å². The second-order valence-corrected chi connectivity index (χ2v) is 7.77. The van der Waals surface area contributed by atoms with Crippen LogP contribution in [-0.4, -0.2) is 32.6 Å². The number of carbonyl (C=O) groups is 1. The number of nitrogens with one attached hydrogen (secondary N) is 1. The molecule has 2 aromatic carbocycles. The minimum Gasteiger partial charge on any atom is -0.479 e. The largest absolute Gasteiger partial charge is 0.479 e. The van der Waals surface area contributed by atoms with Gasteiger partial charge < -0.3 is 14.3 Å². The normalized spacial score (nSPS) is 11.6. The van der Waals surface area contributed by atoms with Gasteiger partial charge in [0, 0.05) is 11.9 Å². The van der Waals surface area contributed by atoms with E-state index in [2.05, 4.69) is 4.72 Å². The van der Waals surface area contributed by atoms with Crippen LogP contribution >= 0.6 is 0 Å². The fourth-order valence-corrected chi connectivity index (χ4v) is 3.86. The Balaban J connectivity index is 1.63. The molecule has 0 amide bonds. The summed E-state index contributed by atoms with van der Waals surface area (Å²) >= 11 is 0. The van der Waals surface area contributed by atoms with Crippen molar-refractivity contribution in [2.24, 2.45) is 0 Å². The summed E-state index contributed by atoms with van der Waals surface area (Å²) in [6.07, 6.45) is 1.97. The zero-order chi connectivity index (χ0) is 19.3. The van der Waals surface area contributed by atoms with E-state index in [-0.39, 0.29) is 12.3 Å². The third-order valence-electron chi connectivity index (χ3n) is 3.91. The molecule has 0 aliphatic heterocycles. The first kappa shape index (κ1) is 18.9. The summed E-state index contributed by atoms with van der Waals surface area (Å²) in [4.78, 5) is 10.7. The smallest absolute Gasteiger partial charge is 0.341 e. The number of hydrogen-bond donors (Lipinski definition) is 2. The predicted octanol–water partition coefficient (Wildman–Crippen LogP) is 2.56. The Morgan fingerprint density at radius 1 is 1.11 bits per heavy atom. The van der Waals surface area contributed by atoms with Crippen molar-refractivity contribution >= 4 is 27.0 Å². The maximum absolute atomic E-state index is 12.2. The lowest BCUT2D eigenvalue weighted by molar-refractivity contribution is -0.139. The fourth-order valence-electron chi connectivity index (χ4n) is 2.72. The molecule has 2 N–H and O–H groups in total. The van der Waals surface area contributed by atoms with E-state index in [1.165, 1.54) is 6.26 Å². The number of furan rings is 1. The highest BCUT2D eigenvalue weighted by atomic mass is 32.2. The lowest BCUT2D eigenvalue weighted by Gasteiger charge is -2.06. The molecule has 0 saturated carbocycles. The number of ether oxygens (including phenoxy) is 1. The van der Waals surface area contributed by atoms with Crippen molar-refractivity contribution in [3.05, 3.63) is 65.9 Å². The first-order valence-electron chi connectivity index (χ1n) is 8.29. The zero-order valence-corrected chi connectivity index (χ0v) is 15.2. The molecular formula is C19H19NO6S. The quantitative estimate of drug-likeness (QED) is 0.583. The van der Waals surface area contributed by atoms with Gasteiger partial charge in [0.2, 0.25) is 10.0 Å². The SMILES string of the molecule is O=C(O)COc1cccc2c(CCNS(=O)(=O)Cc3ccccc3)coc12. The van der Waals surface area contributed by atoms with Gasteiger partial charge in [0.05, 0.1) is 12.0 Å². The van der Waals surface area contributed by atoms with E-state index < -0.39 is 22.6 Å². The number of carboxylic acid groups (broad SMARTS) is 1. The number of aliphatic carboxylic acids is 1. The Bertz CT molecular complexity index is 1030. The van der Waals surface area contributed by atoms with E-state index in [0.717, 1.165) is 16.5 Å². The van der Waals surface area contributed by atoms with Gasteiger partial charge in [-0.3, -0.25) is 0 Å². The number of sulfonamides is 1. The summed E-state index contributed by atoms with van der Waals surface area (Å²) in [6, 6.07) is 14.1. The van der Waals surface area contributed by atoms with Gasteiger partial charge in [-0.1, -0.05) is 42.5 Å². The molecule has 0 unspecified atom stereocenters. The average molecular weight is 389 g/mol. The maximum Gasteiger partial charge on any atom is 0.341 e. The average Bonchev–Trinajstić information content (AvgIpc) is 3.04. The third-order valence-corrected chi connectivity index (χ3v) is 5.27. The van der Waals surface area contributed by atoms with Crippen molar-refractivity contribution in [3.63, 3.8) is 0 Å². The van der Waals surface area contributed by atoms with Gasteiger partial charge in [0.25, 0.3) is 0 Å². The van der Waals surface area contributed by atoms with Gasteiger partial charge in [0.1, 0.15) is 0 Å².